The molecule has 1 aromatic heterocycles. The number of benzene rings is 2. The van der Waals surface area contributed by atoms with Crippen LogP contribution in [0, 0.1) is 0 Å². The van der Waals surface area contributed by atoms with E-state index in [2.05, 4.69) is 4.90 Å². The number of ether oxygens (including phenoxy) is 1. The van der Waals surface area contributed by atoms with Crippen molar-refractivity contribution in [3.8, 4) is 5.75 Å². The van der Waals surface area contributed by atoms with E-state index in [4.69, 9.17) is 20.8 Å². The number of carbonyl (C=O) groups is 1. The molecule has 0 atom stereocenters. The third-order valence-corrected chi connectivity index (χ3v) is 5.29. The van der Waals surface area contributed by atoms with Crippen LogP contribution in [-0.2, 0) is 13.2 Å². The van der Waals surface area contributed by atoms with Crippen LogP contribution in [-0.4, -0.2) is 41.9 Å². The minimum absolute atomic E-state index is 0.0767. The SMILES string of the molecule is O=C(c1ccc(COc2ccc(Cl)cc2)cc1)N1CCN(Cc2ccco2)CC1. The second kappa shape index (κ2) is 9.16. The van der Waals surface area contributed by atoms with Gasteiger partial charge in [0.05, 0.1) is 12.8 Å². The summed E-state index contributed by atoms with van der Waals surface area (Å²) < 4.78 is 11.2. The molecule has 2 heterocycles. The van der Waals surface area contributed by atoms with Crippen LogP contribution in [0.15, 0.2) is 71.3 Å². The van der Waals surface area contributed by atoms with Gasteiger partial charge in [-0.3, -0.25) is 9.69 Å². The zero-order valence-corrected chi connectivity index (χ0v) is 16.8. The van der Waals surface area contributed by atoms with Crippen LogP contribution in [0.25, 0.3) is 0 Å². The van der Waals surface area contributed by atoms with Gasteiger partial charge < -0.3 is 14.1 Å². The van der Waals surface area contributed by atoms with Crippen molar-refractivity contribution >= 4 is 17.5 Å². The Bertz CT molecular complexity index is 916. The van der Waals surface area contributed by atoms with Gasteiger partial charge in [-0.25, -0.2) is 0 Å². The van der Waals surface area contributed by atoms with Crippen molar-refractivity contribution in [2.45, 2.75) is 13.2 Å². The van der Waals surface area contributed by atoms with Gasteiger partial charge in [0, 0.05) is 36.8 Å². The van der Waals surface area contributed by atoms with Crippen molar-refractivity contribution in [2.75, 3.05) is 26.2 Å². The molecule has 3 aromatic rings. The largest absolute Gasteiger partial charge is 0.489 e. The highest BCUT2D eigenvalue weighted by Crippen LogP contribution is 2.18. The van der Waals surface area contributed by atoms with E-state index >= 15 is 0 Å². The average Bonchev–Trinajstić information content (AvgIpc) is 3.27. The zero-order valence-electron chi connectivity index (χ0n) is 16.1. The van der Waals surface area contributed by atoms with Crippen LogP contribution in [0.1, 0.15) is 21.7 Å². The molecule has 1 amide bonds. The van der Waals surface area contributed by atoms with Gasteiger partial charge in [-0.2, -0.15) is 0 Å². The van der Waals surface area contributed by atoms with Crippen molar-refractivity contribution in [2.24, 2.45) is 0 Å². The van der Waals surface area contributed by atoms with Crippen molar-refractivity contribution < 1.29 is 13.9 Å². The molecule has 6 heteroatoms. The fraction of sp³-hybridized carbons (Fsp3) is 0.261. The first-order chi connectivity index (χ1) is 14.2. The molecule has 1 saturated heterocycles. The Morgan fingerprint density at radius 2 is 1.69 bits per heavy atom. The molecule has 0 bridgehead atoms. The average molecular weight is 411 g/mol. The van der Waals surface area contributed by atoms with Crippen LogP contribution in [0.2, 0.25) is 5.02 Å². The molecule has 150 valence electrons. The third kappa shape index (κ3) is 5.19. The molecule has 0 radical (unpaired) electrons. The number of nitrogens with zero attached hydrogens (tertiary/aromatic N) is 2. The van der Waals surface area contributed by atoms with Crippen molar-refractivity contribution in [3.05, 3.63) is 88.8 Å². The van der Waals surface area contributed by atoms with Gasteiger partial charge in [-0.05, 0) is 54.1 Å². The molecule has 5 nitrogen and oxygen atoms in total. The fourth-order valence-electron chi connectivity index (χ4n) is 3.36. The van der Waals surface area contributed by atoms with E-state index in [-0.39, 0.29) is 5.91 Å². The van der Waals surface area contributed by atoms with Crippen molar-refractivity contribution in [1.29, 1.82) is 0 Å². The summed E-state index contributed by atoms with van der Waals surface area (Å²) in [7, 11) is 0. The van der Waals surface area contributed by atoms with E-state index in [9.17, 15) is 4.79 Å². The first kappa shape index (κ1) is 19.6. The third-order valence-electron chi connectivity index (χ3n) is 5.04. The predicted octanol–water partition coefficient (Wildman–Crippen LogP) is 4.47. The summed E-state index contributed by atoms with van der Waals surface area (Å²) >= 11 is 5.88. The van der Waals surface area contributed by atoms with Gasteiger partial charge in [-0.1, -0.05) is 23.7 Å². The Labute approximate surface area is 175 Å². The van der Waals surface area contributed by atoms with Gasteiger partial charge >= 0.3 is 0 Å². The minimum atomic E-state index is 0.0767. The molecule has 1 aliphatic rings. The Morgan fingerprint density at radius 3 is 2.34 bits per heavy atom. The molecule has 0 aliphatic carbocycles. The number of rotatable bonds is 6. The van der Waals surface area contributed by atoms with Gasteiger partial charge in [-0.15, -0.1) is 0 Å². The summed E-state index contributed by atoms with van der Waals surface area (Å²) in [6.45, 7) is 4.37. The predicted molar refractivity (Wildman–Crippen MR) is 112 cm³/mol. The van der Waals surface area contributed by atoms with E-state index < -0.39 is 0 Å². The molecule has 0 N–H and O–H groups in total. The van der Waals surface area contributed by atoms with E-state index in [1.165, 1.54) is 0 Å². The van der Waals surface area contributed by atoms with E-state index in [0.717, 1.165) is 49.8 Å². The highest BCUT2D eigenvalue weighted by atomic mass is 35.5. The fourth-order valence-corrected chi connectivity index (χ4v) is 3.48. The monoisotopic (exact) mass is 410 g/mol. The smallest absolute Gasteiger partial charge is 0.253 e. The highest BCUT2D eigenvalue weighted by molar-refractivity contribution is 6.30. The molecular weight excluding hydrogens is 388 g/mol. The molecule has 4 rings (SSSR count). The number of carbonyl (C=O) groups excluding carboxylic acids is 1. The molecule has 1 aliphatic heterocycles. The molecule has 0 unspecified atom stereocenters. The minimum Gasteiger partial charge on any atom is -0.489 e. The maximum Gasteiger partial charge on any atom is 0.253 e. The Balaban J connectivity index is 1.27. The van der Waals surface area contributed by atoms with E-state index in [1.807, 2.05) is 53.4 Å². The molecule has 0 spiro atoms. The number of hydrogen-bond donors (Lipinski definition) is 0. The summed E-state index contributed by atoms with van der Waals surface area (Å²) in [6, 6.07) is 18.8. The number of furan rings is 1. The second-order valence-electron chi connectivity index (χ2n) is 7.09. The van der Waals surface area contributed by atoms with Gasteiger partial charge in [0.25, 0.3) is 5.91 Å². The number of amides is 1. The molecule has 29 heavy (non-hydrogen) atoms. The van der Waals surface area contributed by atoms with Gasteiger partial charge in [0.15, 0.2) is 0 Å². The molecule has 1 fully saturated rings. The van der Waals surface area contributed by atoms with Crippen LogP contribution in [0.4, 0.5) is 0 Å². The maximum absolute atomic E-state index is 12.8. The Hall–Kier alpha value is -2.76. The summed E-state index contributed by atoms with van der Waals surface area (Å²) in [5.74, 6) is 1.80. The topological polar surface area (TPSA) is 45.9 Å². The summed E-state index contributed by atoms with van der Waals surface area (Å²) in [5, 5.41) is 0.682. The summed E-state index contributed by atoms with van der Waals surface area (Å²) in [5.41, 5.74) is 1.72. The molecule has 0 saturated carbocycles. The normalized spacial score (nSPS) is 14.7. The first-order valence-electron chi connectivity index (χ1n) is 9.69. The lowest BCUT2D eigenvalue weighted by Crippen LogP contribution is -2.48. The van der Waals surface area contributed by atoms with Crippen molar-refractivity contribution in [1.82, 2.24) is 9.80 Å². The lowest BCUT2D eigenvalue weighted by atomic mass is 10.1. The number of piperazine rings is 1. The second-order valence-corrected chi connectivity index (χ2v) is 7.52. The standard InChI is InChI=1S/C23H23ClN2O3/c24-20-7-9-21(10-8-20)29-17-18-3-5-19(6-4-18)23(27)26-13-11-25(12-14-26)16-22-2-1-15-28-22/h1-10,15H,11-14,16-17H2. The van der Waals surface area contributed by atoms with Crippen LogP contribution in [0.5, 0.6) is 5.75 Å². The van der Waals surface area contributed by atoms with E-state index in [0.29, 0.717) is 17.2 Å². The highest BCUT2D eigenvalue weighted by Gasteiger charge is 2.22. The molecular formula is C23H23ClN2O3. The van der Waals surface area contributed by atoms with Gasteiger partial charge in [0.2, 0.25) is 0 Å². The lowest BCUT2D eigenvalue weighted by molar-refractivity contribution is 0.0620. The van der Waals surface area contributed by atoms with E-state index in [1.54, 1.807) is 18.4 Å². The summed E-state index contributed by atoms with van der Waals surface area (Å²) in [6.07, 6.45) is 1.69. The van der Waals surface area contributed by atoms with Gasteiger partial charge in [0.1, 0.15) is 18.1 Å². The van der Waals surface area contributed by atoms with Crippen molar-refractivity contribution in [3.63, 3.8) is 0 Å². The van der Waals surface area contributed by atoms with Crippen LogP contribution in [0.3, 0.4) is 0 Å². The first-order valence-corrected chi connectivity index (χ1v) is 10.1. The van der Waals surface area contributed by atoms with Crippen LogP contribution < -0.4 is 4.74 Å². The molecule has 2 aromatic carbocycles. The maximum atomic E-state index is 12.8. The lowest BCUT2D eigenvalue weighted by Gasteiger charge is -2.34. The van der Waals surface area contributed by atoms with Crippen LogP contribution >= 0.6 is 11.6 Å². The zero-order chi connectivity index (χ0) is 20.1. The Morgan fingerprint density at radius 1 is 0.966 bits per heavy atom. The number of halogens is 1. The summed E-state index contributed by atoms with van der Waals surface area (Å²) in [4.78, 5) is 17.0. The number of hydrogen-bond acceptors (Lipinski definition) is 4. The Kier molecular flexibility index (Phi) is 6.17. The quantitative estimate of drug-likeness (QED) is 0.601.